The zero-order valence-electron chi connectivity index (χ0n) is 11.2. The Morgan fingerprint density at radius 2 is 1.90 bits per heavy atom. The van der Waals surface area contributed by atoms with Gasteiger partial charge in [0.25, 0.3) is 0 Å². The minimum absolute atomic E-state index is 0.384. The van der Waals surface area contributed by atoms with Crippen molar-refractivity contribution in [2.75, 3.05) is 0 Å². The molecule has 1 heterocycles. The van der Waals surface area contributed by atoms with Crippen LogP contribution in [0.2, 0.25) is 0 Å². The number of aryl methyl sites for hydroxylation is 1. The summed E-state index contributed by atoms with van der Waals surface area (Å²) in [5, 5.41) is 26.8. The lowest BCUT2D eigenvalue weighted by Gasteiger charge is -2.01. The summed E-state index contributed by atoms with van der Waals surface area (Å²) < 4.78 is 0. The van der Waals surface area contributed by atoms with Crippen molar-refractivity contribution < 1.29 is 9.90 Å². The van der Waals surface area contributed by atoms with E-state index in [-0.39, 0.29) is 0 Å². The summed E-state index contributed by atoms with van der Waals surface area (Å²) in [6, 6.07) is 11.0. The smallest absolute Gasteiger partial charge is 0.328 e. The molecule has 0 bridgehead atoms. The lowest BCUT2D eigenvalue weighted by atomic mass is 10.00. The zero-order chi connectivity index (χ0) is 15.4. The van der Waals surface area contributed by atoms with Gasteiger partial charge in [-0.05, 0) is 30.7 Å². The van der Waals surface area contributed by atoms with Crippen LogP contribution in [0.4, 0.5) is 0 Å². The molecule has 102 valence electrons. The Kier molecular flexibility index (Phi) is 3.87. The van der Waals surface area contributed by atoms with Crippen molar-refractivity contribution in [3.05, 3.63) is 52.9 Å². The van der Waals surface area contributed by atoms with Crippen molar-refractivity contribution in [1.29, 1.82) is 10.5 Å². The molecule has 0 saturated heterocycles. The molecule has 0 amide bonds. The van der Waals surface area contributed by atoms with Gasteiger partial charge in [-0.2, -0.15) is 10.5 Å². The van der Waals surface area contributed by atoms with E-state index in [4.69, 9.17) is 10.4 Å². The number of benzene rings is 1. The fraction of sp³-hybridized carbons (Fsp3) is 0.0625. The maximum atomic E-state index is 10.6. The molecule has 1 aromatic heterocycles. The second kappa shape index (κ2) is 5.77. The largest absolute Gasteiger partial charge is 0.478 e. The summed E-state index contributed by atoms with van der Waals surface area (Å²) in [7, 11) is 0. The number of nitrogens with one attached hydrogen (secondary N) is 1. The minimum Gasteiger partial charge on any atom is -0.478 e. The second-order valence-electron chi connectivity index (χ2n) is 4.39. The number of aromatic amines is 1. The van der Waals surface area contributed by atoms with Gasteiger partial charge in [-0.3, -0.25) is 0 Å². The number of nitriles is 2. The van der Waals surface area contributed by atoms with Crippen LogP contribution in [0.25, 0.3) is 17.2 Å². The van der Waals surface area contributed by atoms with Gasteiger partial charge in [-0.25, -0.2) is 4.79 Å². The standard InChI is InChI=1S/C16H11N3O2/c1-10-16(12-4-2-11(8-17)3-5-12)13(9-18)14(19-10)6-7-15(20)21/h2-7,19H,1H3,(H,20,21)/b7-6+. The Balaban J connectivity index is 2.56. The van der Waals surface area contributed by atoms with Crippen LogP contribution in [-0.4, -0.2) is 16.1 Å². The summed E-state index contributed by atoms with van der Waals surface area (Å²) in [5.74, 6) is -1.08. The highest BCUT2D eigenvalue weighted by Crippen LogP contribution is 2.30. The van der Waals surface area contributed by atoms with Crippen LogP contribution in [-0.2, 0) is 4.79 Å². The average molecular weight is 277 g/mol. The van der Waals surface area contributed by atoms with E-state index in [2.05, 4.69) is 11.1 Å². The van der Waals surface area contributed by atoms with E-state index in [0.717, 1.165) is 17.3 Å². The van der Waals surface area contributed by atoms with Gasteiger partial charge in [0.05, 0.1) is 22.9 Å². The van der Waals surface area contributed by atoms with Crippen LogP contribution in [0.3, 0.4) is 0 Å². The van der Waals surface area contributed by atoms with Gasteiger partial charge in [-0.15, -0.1) is 0 Å². The lowest BCUT2D eigenvalue weighted by Crippen LogP contribution is -1.87. The first kappa shape index (κ1) is 14.1. The topological polar surface area (TPSA) is 101 Å². The molecule has 0 aliphatic heterocycles. The molecule has 0 unspecified atom stereocenters. The molecule has 5 nitrogen and oxygen atoms in total. The fourth-order valence-electron chi connectivity index (χ4n) is 2.12. The first-order chi connectivity index (χ1) is 10.1. The Morgan fingerprint density at radius 3 is 2.43 bits per heavy atom. The molecule has 2 aromatic rings. The van der Waals surface area contributed by atoms with Gasteiger partial charge in [0.15, 0.2) is 0 Å². The molecule has 1 aromatic carbocycles. The van der Waals surface area contributed by atoms with Crippen molar-refractivity contribution in [2.45, 2.75) is 6.92 Å². The summed E-state index contributed by atoms with van der Waals surface area (Å²) in [6.45, 7) is 1.81. The quantitative estimate of drug-likeness (QED) is 0.842. The summed E-state index contributed by atoms with van der Waals surface area (Å²) in [5.41, 5.74) is 3.66. The summed E-state index contributed by atoms with van der Waals surface area (Å²) in [6.07, 6.45) is 2.34. The first-order valence-corrected chi connectivity index (χ1v) is 6.11. The number of hydrogen-bond donors (Lipinski definition) is 2. The Bertz CT molecular complexity index is 800. The zero-order valence-corrected chi connectivity index (χ0v) is 11.2. The van der Waals surface area contributed by atoms with Gasteiger partial charge in [0, 0.05) is 17.3 Å². The monoisotopic (exact) mass is 277 g/mol. The predicted octanol–water partition coefficient (Wildman–Crippen LogP) is 2.83. The molecular formula is C16H11N3O2. The van der Waals surface area contributed by atoms with Crippen LogP contribution in [0.15, 0.2) is 30.3 Å². The third-order valence-electron chi connectivity index (χ3n) is 3.02. The first-order valence-electron chi connectivity index (χ1n) is 6.11. The van der Waals surface area contributed by atoms with E-state index in [1.54, 1.807) is 24.3 Å². The number of rotatable bonds is 3. The van der Waals surface area contributed by atoms with Crippen molar-refractivity contribution in [2.24, 2.45) is 0 Å². The van der Waals surface area contributed by atoms with E-state index < -0.39 is 5.97 Å². The number of carboxylic acids is 1. The second-order valence-corrected chi connectivity index (χ2v) is 4.39. The predicted molar refractivity (Wildman–Crippen MR) is 77.1 cm³/mol. The molecule has 0 saturated carbocycles. The van der Waals surface area contributed by atoms with E-state index >= 15 is 0 Å². The van der Waals surface area contributed by atoms with Crippen molar-refractivity contribution in [3.8, 4) is 23.3 Å². The van der Waals surface area contributed by atoms with Gasteiger partial charge >= 0.3 is 5.97 Å². The highest BCUT2D eigenvalue weighted by atomic mass is 16.4. The van der Waals surface area contributed by atoms with E-state index in [1.165, 1.54) is 6.08 Å². The van der Waals surface area contributed by atoms with Crippen LogP contribution in [0.5, 0.6) is 0 Å². The third kappa shape index (κ3) is 2.83. The number of aliphatic carboxylic acids is 1. The number of carboxylic acid groups (broad SMARTS) is 1. The normalized spacial score (nSPS) is 10.2. The van der Waals surface area contributed by atoms with Crippen LogP contribution in [0.1, 0.15) is 22.5 Å². The Morgan fingerprint density at radius 1 is 1.24 bits per heavy atom. The number of hydrogen-bond acceptors (Lipinski definition) is 3. The van der Waals surface area contributed by atoms with Crippen LogP contribution >= 0.6 is 0 Å². The molecule has 2 rings (SSSR count). The van der Waals surface area contributed by atoms with E-state index in [9.17, 15) is 10.1 Å². The maximum Gasteiger partial charge on any atom is 0.328 e. The number of carbonyl (C=O) groups is 1. The highest BCUT2D eigenvalue weighted by Gasteiger charge is 2.15. The molecule has 2 N–H and O–H groups in total. The van der Waals surface area contributed by atoms with Crippen LogP contribution < -0.4 is 0 Å². The lowest BCUT2D eigenvalue weighted by molar-refractivity contribution is -0.131. The number of nitrogens with zero attached hydrogens (tertiary/aromatic N) is 2. The van der Waals surface area contributed by atoms with Gasteiger partial charge < -0.3 is 10.1 Å². The molecule has 0 aliphatic rings. The highest BCUT2D eigenvalue weighted by molar-refractivity contribution is 5.87. The Hall–Kier alpha value is -3.31. The average Bonchev–Trinajstić information content (AvgIpc) is 2.81. The third-order valence-corrected chi connectivity index (χ3v) is 3.02. The molecule has 0 radical (unpaired) electrons. The van der Waals surface area contributed by atoms with Gasteiger partial charge in [0.1, 0.15) is 6.07 Å². The van der Waals surface area contributed by atoms with Crippen LogP contribution in [0, 0.1) is 29.6 Å². The van der Waals surface area contributed by atoms with Crippen molar-refractivity contribution in [3.63, 3.8) is 0 Å². The van der Waals surface area contributed by atoms with E-state index in [0.29, 0.717) is 22.4 Å². The van der Waals surface area contributed by atoms with Gasteiger partial charge in [-0.1, -0.05) is 12.1 Å². The fourth-order valence-corrected chi connectivity index (χ4v) is 2.12. The molecule has 0 fully saturated rings. The van der Waals surface area contributed by atoms with Crippen molar-refractivity contribution >= 4 is 12.0 Å². The van der Waals surface area contributed by atoms with Crippen molar-refractivity contribution in [1.82, 2.24) is 4.98 Å². The van der Waals surface area contributed by atoms with E-state index in [1.807, 2.05) is 13.0 Å². The summed E-state index contributed by atoms with van der Waals surface area (Å²) >= 11 is 0. The minimum atomic E-state index is -1.08. The molecule has 21 heavy (non-hydrogen) atoms. The SMILES string of the molecule is Cc1[nH]c(/C=C/C(=O)O)c(C#N)c1-c1ccc(C#N)cc1. The molecule has 5 heteroatoms. The summed E-state index contributed by atoms with van der Waals surface area (Å²) in [4.78, 5) is 13.6. The molecule has 0 atom stereocenters. The Labute approximate surface area is 121 Å². The number of aromatic nitrogens is 1. The van der Waals surface area contributed by atoms with Gasteiger partial charge in [0.2, 0.25) is 0 Å². The molecule has 0 aliphatic carbocycles. The maximum absolute atomic E-state index is 10.6. The molecular weight excluding hydrogens is 266 g/mol. The molecule has 0 spiro atoms. The number of H-pyrrole nitrogens is 1.